The lowest BCUT2D eigenvalue weighted by Gasteiger charge is -2.22. The lowest BCUT2D eigenvalue weighted by atomic mass is 10.1. The van der Waals surface area contributed by atoms with Crippen LogP contribution in [0.2, 0.25) is 0 Å². The molecule has 26 heavy (non-hydrogen) atoms. The Bertz CT molecular complexity index is 731. The zero-order chi connectivity index (χ0) is 18.8. The van der Waals surface area contributed by atoms with E-state index in [0.717, 1.165) is 37.2 Å². The molecule has 0 saturated carbocycles. The maximum absolute atomic E-state index is 12.6. The van der Waals surface area contributed by atoms with Crippen LogP contribution < -0.4 is 0 Å². The highest BCUT2D eigenvalue weighted by Gasteiger charge is 2.14. The Morgan fingerprint density at radius 3 is 2.62 bits per heavy atom. The third-order valence-corrected chi connectivity index (χ3v) is 4.07. The topological polar surface area (TPSA) is 83.0 Å². The summed E-state index contributed by atoms with van der Waals surface area (Å²) in [6.45, 7) is 5.43. The van der Waals surface area contributed by atoms with E-state index in [1.165, 1.54) is 0 Å². The van der Waals surface area contributed by atoms with Crippen molar-refractivity contribution in [2.75, 3.05) is 6.54 Å². The molecular formula is C20H26N4O2. The van der Waals surface area contributed by atoms with Crippen molar-refractivity contribution in [2.24, 2.45) is 0 Å². The summed E-state index contributed by atoms with van der Waals surface area (Å²) in [5.41, 5.74) is 1.66. The molecule has 0 aliphatic rings. The van der Waals surface area contributed by atoms with Crippen LogP contribution in [-0.4, -0.2) is 27.5 Å². The zero-order valence-electron chi connectivity index (χ0n) is 15.6. The fourth-order valence-electron chi connectivity index (χ4n) is 2.73. The summed E-state index contributed by atoms with van der Waals surface area (Å²) in [6, 6.07) is 9.49. The minimum absolute atomic E-state index is 0.129. The average molecular weight is 354 g/mol. The van der Waals surface area contributed by atoms with E-state index in [-0.39, 0.29) is 5.91 Å². The minimum Gasteiger partial charge on any atom is -0.339 e. The van der Waals surface area contributed by atoms with Gasteiger partial charge in [-0.2, -0.15) is 10.2 Å². The lowest BCUT2D eigenvalue weighted by Crippen LogP contribution is -2.31. The molecule has 6 heteroatoms. The standard InChI is InChI=1S/C20H26N4O2/c1-3-6-18-22-19(26-23-18)7-5-8-20(25)24(13-4-2)15-17-11-9-16(14-21)10-12-17/h9-12H,3-8,13,15H2,1-2H3. The number of carbonyl (C=O) groups is 1. The number of nitrogens with zero attached hydrogens (tertiary/aromatic N) is 4. The second-order valence-corrected chi connectivity index (χ2v) is 6.33. The molecule has 0 unspecified atom stereocenters. The van der Waals surface area contributed by atoms with E-state index in [0.29, 0.717) is 37.3 Å². The Morgan fingerprint density at radius 2 is 1.96 bits per heavy atom. The molecule has 2 rings (SSSR count). The molecule has 0 spiro atoms. The molecule has 1 amide bonds. The second kappa shape index (κ2) is 10.3. The van der Waals surface area contributed by atoms with Crippen LogP contribution in [-0.2, 0) is 24.2 Å². The summed E-state index contributed by atoms with van der Waals surface area (Å²) in [5.74, 6) is 1.47. The molecular weight excluding hydrogens is 328 g/mol. The minimum atomic E-state index is 0.129. The summed E-state index contributed by atoms with van der Waals surface area (Å²) in [4.78, 5) is 18.8. The number of hydrogen-bond acceptors (Lipinski definition) is 5. The molecule has 0 saturated heterocycles. The van der Waals surface area contributed by atoms with Crippen LogP contribution in [0.1, 0.15) is 62.4 Å². The van der Waals surface area contributed by atoms with Crippen molar-refractivity contribution in [3.63, 3.8) is 0 Å². The largest absolute Gasteiger partial charge is 0.339 e. The van der Waals surface area contributed by atoms with Gasteiger partial charge in [0.25, 0.3) is 0 Å². The van der Waals surface area contributed by atoms with Crippen LogP contribution in [0, 0.1) is 11.3 Å². The van der Waals surface area contributed by atoms with Crippen molar-refractivity contribution in [1.82, 2.24) is 15.0 Å². The molecule has 1 heterocycles. The van der Waals surface area contributed by atoms with Gasteiger partial charge >= 0.3 is 0 Å². The van der Waals surface area contributed by atoms with Gasteiger partial charge in [-0.05, 0) is 37.0 Å². The van der Waals surface area contributed by atoms with Gasteiger partial charge in [0.1, 0.15) is 0 Å². The number of amides is 1. The maximum atomic E-state index is 12.6. The Balaban J connectivity index is 1.85. The maximum Gasteiger partial charge on any atom is 0.226 e. The van der Waals surface area contributed by atoms with Gasteiger partial charge in [0.15, 0.2) is 5.82 Å². The van der Waals surface area contributed by atoms with Crippen LogP contribution in [0.25, 0.3) is 0 Å². The first-order valence-corrected chi connectivity index (χ1v) is 9.24. The van der Waals surface area contributed by atoms with Gasteiger partial charge in [0.05, 0.1) is 11.6 Å². The number of nitriles is 1. The first-order valence-electron chi connectivity index (χ1n) is 9.24. The summed E-state index contributed by atoms with van der Waals surface area (Å²) < 4.78 is 5.21. The van der Waals surface area contributed by atoms with Crippen LogP contribution in [0.3, 0.4) is 0 Å². The van der Waals surface area contributed by atoms with E-state index in [1.54, 1.807) is 12.1 Å². The molecule has 0 N–H and O–H groups in total. The van der Waals surface area contributed by atoms with Gasteiger partial charge in [-0.1, -0.05) is 31.1 Å². The normalized spacial score (nSPS) is 10.5. The molecule has 138 valence electrons. The van der Waals surface area contributed by atoms with Crippen LogP contribution in [0.4, 0.5) is 0 Å². The highest BCUT2D eigenvalue weighted by atomic mass is 16.5. The Morgan fingerprint density at radius 1 is 1.19 bits per heavy atom. The number of hydrogen-bond donors (Lipinski definition) is 0. The Labute approximate surface area is 154 Å². The third kappa shape index (κ3) is 5.99. The molecule has 0 atom stereocenters. The number of carbonyl (C=O) groups excluding carboxylic acids is 1. The highest BCUT2D eigenvalue weighted by molar-refractivity contribution is 5.76. The van der Waals surface area contributed by atoms with Gasteiger partial charge < -0.3 is 9.42 Å². The molecule has 0 aliphatic heterocycles. The lowest BCUT2D eigenvalue weighted by molar-refractivity contribution is -0.132. The highest BCUT2D eigenvalue weighted by Crippen LogP contribution is 2.11. The summed E-state index contributed by atoms with van der Waals surface area (Å²) in [6.07, 6.45) is 4.49. The van der Waals surface area contributed by atoms with E-state index >= 15 is 0 Å². The molecule has 2 aromatic rings. The second-order valence-electron chi connectivity index (χ2n) is 6.33. The Hall–Kier alpha value is -2.68. The zero-order valence-corrected chi connectivity index (χ0v) is 15.6. The molecule has 6 nitrogen and oxygen atoms in total. The molecule has 0 fully saturated rings. The van der Waals surface area contributed by atoms with Crippen molar-refractivity contribution >= 4 is 5.91 Å². The van der Waals surface area contributed by atoms with Crippen molar-refractivity contribution in [3.05, 3.63) is 47.1 Å². The van der Waals surface area contributed by atoms with Crippen LogP contribution in [0.15, 0.2) is 28.8 Å². The van der Waals surface area contributed by atoms with Crippen molar-refractivity contribution < 1.29 is 9.32 Å². The predicted octanol–water partition coefficient (Wildman–Crippen LogP) is 3.66. The molecule has 1 aromatic carbocycles. The van der Waals surface area contributed by atoms with E-state index in [1.807, 2.05) is 17.0 Å². The SMILES string of the molecule is CCCc1noc(CCCC(=O)N(CCC)Cc2ccc(C#N)cc2)n1. The fraction of sp³-hybridized carbons (Fsp3) is 0.500. The van der Waals surface area contributed by atoms with E-state index in [9.17, 15) is 4.79 Å². The molecule has 1 aromatic heterocycles. The smallest absolute Gasteiger partial charge is 0.226 e. The monoisotopic (exact) mass is 354 g/mol. The van der Waals surface area contributed by atoms with Gasteiger partial charge in [-0.15, -0.1) is 0 Å². The summed E-state index contributed by atoms with van der Waals surface area (Å²) in [5, 5.41) is 12.8. The van der Waals surface area contributed by atoms with Gasteiger partial charge in [0.2, 0.25) is 11.8 Å². The van der Waals surface area contributed by atoms with E-state index in [4.69, 9.17) is 9.78 Å². The third-order valence-electron chi connectivity index (χ3n) is 4.07. The van der Waals surface area contributed by atoms with Crippen molar-refractivity contribution in [1.29, 1.82) is 5.26 Å². The molecule has 0 aliphatic carbocycles. The summed E-state index contributed by atoms with van der Waals surface area (Å²) in [7, 11) is 0. The van der Waals surface area contributed by atoms with Crippen LogP contribution in [0.5, 0.6) is 0 Å². The fourth-order valence-corrected chi connectivity index (χ4v) is 2.73. The average Bonchev–Trinajstić information content (AvgIpc) is 3.09. The number of rotatable bonds is 10. The quantitative estimate of drug-likeness (QED) is 0.650. The first-order chi connectivity index (χ1) is 12.7. The van der Waals surface area contributed by atoms with Crippen molar-refractivity contribution in [2.45, 2.75) is 58.9 Å². The van der Waals surface area contributed by atoms with Gasteiger partial charge in [0, 0.05) is 32.4 Å². The van der Waals surface area contributed by atoms with Crippen LogP contribution >= 0.6 is 0 Å². The van der Waals surface area contributed by atoms with Crippen molar-refractivity contribution in [3.8, 4) is 6.07 Å². The summed E-state index contributed by atoms with van der Waals surface area (Å²) >= 11 is 0. The van der Waals surface area contributed by atoms with Gasteiger partial charge in [-0.25, -0.2) is 0 Å². The van der Waals surface area contributed by atoms with Gasteiger partial charge in [-0.3, -0.25) is 4.79 Å². The number of aryl methyl sites for hydroxylation is 2. The first kappa shape index (κ1) is 19.6. The number of benzene rings is 1. The van der Waals surface area contributed by atoms with E-state index < -0.39 is 0 Å². The Kier molecular flexibility index (Phi) is 7.81. The van der Waals surface area contributed by atoms with E-state index in [2.05, 4.69) is 30.1 Å². The molecule has 0 radical (unpaired) electrons. The molecule has 0 bridgehead atoms. The predicted molar refractivity (Wildman–Crippen MR) is 98.1 cm³/mol. The number of aromatic nitrogens is 2.